The Balaban J connectivity index is 1.97. The molecule has 0 unspecified atom stereocenters. The van der Waals surface area contributed by atoms with Gasteiger partial charge in [0.25, 0.3) is 8.32 Å². The molecule has 1 aliphatic rings. The van der Waals surface area contributed by atoms with E-state index >= 15 is 0 Å². The maximum absolute atomic E-state index is 12.7. The molecule has 0 spiro atoms. The van der Waals surface area contributed by atoms with Gasteiger partial charge in [0.2, 0.25) is 0 Å². The van der Waals surface area contributed by atoms with Crippen LogP contribution in [-0.4, -0.2) is 44.1 Å². The van der Waals surface area contributed by atoms with E-state index in [0.29, 0.717) is 6.54 Å². The van der Waals surface area contributed by atoms with Crippen molar-refractivity contribution in [2.45, 2.75) is 71.1 Å². The molecular formula is C26H37NO3Si. The lowest BCUT2D eigenvalue weighted by molar-refractivity contribution is 0.00647. The third-order valence-electron chi connectivity index (χ3n) is 5.79. The molecular weight excluding hydrogens is 402 g/mol. The first-order valence-corrected chi connectivity index (χ1v) is 13.2. The first-order chi connectivity index (χ1) is 14.5. The van der Waals surface area contributed by atoms with Crippen molar-refractivity contribution in [3.8, 4) is 0 Å². The fraction of sp³-hybridized carbons (Fsp3) is 0.500. The number of hydrogen-bond acceptors (Lipinski definition) is 3. The van der Waals surface area contributed by atoms with Crippen LogP contribution in [0, 0.1) is 0 Å². The summed E-state index contributed by atoms with van der Waals surface area (Å²) in [5.74, 6) is 0. The van der Waals surface area contributed by atoms with Crippen LogP contribution in [0.5, 0.6) is 0 Å². The molecule has 5 heteroatoms. The predicted octanol–water partition coefficient (Wildman–Crippen LogP) is 4.96. The summed E-state index contributed by atoms with van der Waals surface area (Å²) in [5.41, 5.74) is -0.497. The highest BCUT2D eigenvalue weighted by Gasteiger charge is 2.51. The molecule has 1 atom stereocenters. The van der Waals surface area contributed by atoms with Gasteiger partial charge < -0.3 is 14.1 Å². The molecule has 2 aromatic carbocycles. The Bertz CT molecular complexity index is 816. The highest BCUT2D eigenvalue weighted by atomic mass is 28.4. The van der Waals surface area contributed by atoms with Crippen molar-refractivity contribution in [1.29, 1.82) is 0 Å². The van der Waals surface area contributed by atoms with Gasteiger partial charge >= 0.3 is 6.09 Å². The molecule has 4 nitrogen and oxygen atoms in total. The lowest BCUT2D eigenvalue weighted by atomic mass is 10.1. The molecule has 1 aliphatic heterocycles. The van der Waals surface area contributed by atoms with Gasteiger partial charge in [-0.3, -0.25) is 0 Å². The average molecular weight is 440 g/mol. The van der Waals surface area contributed by atoms with Gasteiger partial charge in [0.15, 0.2) is 0 Å². The summed E-state index contributed by atoms with van der Waals surface area (Å²) in [6.07, 6.45) is 1.60. The van der Waals surface area contributed by atoms with E-state index in [4.69, 9.17) is 9.16 Å². The Labute approximate surface area is 188 Å². The van der Waals surface area contributed by atoms with Crippen LogP contribution in [0.2, 0.25) is 5.04 Å². The summed E-state index contributed by atoms with van der Waals surface area (Å²) < 4.78 is 12.9. The van der Waals surface area contributed by atoms with E-state index in [0.717, 1.165) is 19.4 Å². The van der Waals surface area contributed by atoms with Crippen LogP contribution in [0.25, 0.3) is 0 Å². The molecule has 1 saturated heterocycles. The number of amides is 1. The van der Waals surface area contributed by atoms with Gasteiger partial charge in [0.05, 0.1) is 6.10 Å². The number of piperidine rings is 1. The van der Waals surface area contributed by atoms with E-state index in [9.17, 15) is 4.79 Å². The van der Waals surface area contributed by atoms with Crippen LogP contribution < -0.4 is 10.4 Å². The minimum absolute atomic E-state index is 0.0208. The Kier molecular flexibility index (Phi) is 6.97. The number of benzene rings is 2. The quantitative estimate of drug-likeness (QED) is 0.632. The van der Waals surface area contributed by atoms with Crippen LogP contribution in [0.4, 0.5) is 4.79 Å². The van der Waals surface area contributed by atoms with Crippen molar-refractivity contribution >= 4 is 24.8 Å². The molecule has 0 bridgehead atoms. The SMILES string of the molecule is CC(C)(C)OC(=O)N1CCC[C@@H](O[Si](c2ccccc2)(c2ccccc2)C(C)(C)C)C1. The van der Waals surface area contributed by atoms with Crippen molar-refractivity contribution in [3.05, 3.63) is 60.7 Å². The van der Waals surface area contributed by atoms with Crippen LogP contribution >= 0.6 is 0 Å². The second kappa shape index (κ2) is 9.17. The molecule has 168 valence electrons. The van der Waals surface area contributed by atoms with E-state index in [2.05, 4.69) is 81.4 Å². The fourth-order valence-corrected chi connectivity index (χ4v) is 9.18. The number of nitrogens with zero attached hydrogens (tertiary/aromatic N) is 1. The zero-order chi connectivity index (χ0) is 22.7. The monoisotopic (exact) mass is 439 g/mol. The highest BCUT2D eigenvalue weighted by Crippen LogP contribution is 2.38. The van der Waals surface area contributed by atoms with Gasteiger partial charge in [-0.1, -0.05) is 81.4 Å². The third kappa shape index (κ3) is 5.39. The molecule has 0 radical (unpaired) electrons. The molecule has 1 fully saturated rings. The number of carbonyl (C=O) groups is 1. The Morgan fingerprint density at radius 1 is 0.903 bits per heavy atom. The van der Waals surface area contributed by atoms with Gasteiger partial charge in [0, 0.05) is 13.1 Å². The second-order valence-electron chi connectivity index (χ2n) is 10.5. The first kappa shape index (κ1) is 23.5. The lowest BCUT2D eigenvalue weighted by Crippen LogP contribution is -2.68. The number of rotatable bonds is 4. The zero-order valence-corrected chi connectivity index (χ0v) is 20.9. The van der Waals surface area contributed by atoms with Crippen LogP contribution in [0.3, 0.4) is 0 Å². The van der Waals surface area contributed by atoms with Gasteiger partial charge in [0.1, 0.15) is 5.60 Å². The third-order valence-corrected chi connectivity index (χ3v) is 10.9. The topological polar surface area (TPSA) is 38.8 Å². The van der Waals surface area contributed by atoms with Crippen LogP contribution in [-0.2, 0) is 9.16 Å². The highest BCUT2D eigenvalue weighted by molar-refractivity contribution is 6.99. The van der Waals surface area contributed by atoms with E-state index in [1.807, 2.05) is 25.7 Å². The largest absolute Gasteiger partial charge is 0.444 e. The minimum atomic E-state index is -2.63. The maximum Gasteiger partial charge on any atom is 0.410 e. The molecule has 3 rings (SSSR count). The maximum atomic E-state index is 12.7. The fourth-order valence-electron chi connectivity index (χ4n) is 4.47. The number of carbonyl (C=O) groups excluding carboxylic acids is 1. The van der Waals surface area contributed by atoms with E-state index < -0.39 is 13.9 Å². The summed E-state index contributed by atoms with van der Waals surface area (Å²) in [4.78, 5) is 14.5. The summed E-state index contributed by atoms with van der Waals surface area (Å²) in [6, 6.07) is 21.3. The Hall–Kier alpha value is -2.11. The summed E-state index contributed by atoms with van der Waals surface area (Å²) in [6.45, 7) is 13.9. The standard InChI is InChI=1S/C26H37NO3Si/c1-25(2,3)29-24(28)27-19-13-14-21(20-27)30-31(26(4,5)6,22-15-9-7-10-16-22)23-17-11-8-12-18-23/h7-12,15-18,21H,13-14,19-20H2,1-6H3/t21-/m1/s1. The molecule has 0 saturated carbocycles. The van der Waals surface area contributed by atoms with Gasteiger partial charge in [-0.05, 0) is 49.0 Å². The molecule has 0 N–H and O–H groups in total. The smallest absolute Gasteiger partial charge is 0.410 e. The Morgan fingerprint density at radius 2 is 1.42 bits per heavy atom. The number of likely N-dealkylation sites (tertiary alicyclic amines) is 1. The molecule has 2 aromatic rings. The molecule has 1 heterocycles. The van der Waals surface area contributed by atoms with Crippen molar-refractivity contribution in [2.24, 2.45) is 0 Å². The summed E-state index contributed by atoms with van der Waals surface area (Å²) in [7, 11) is -2.63. The molecule has 0 aromatic heterocycles. The van der Waals surface area contributed by atoms with E-state index in [1.54, 1.807) is 0 Å². The molecule has 0 aliphatic carbocycles. The van der Waals surface area contributed by atoms with Gasteiger partial charge in [-0.15, -0.1) is 0 Å². The van der Waals surface area contributed by atoms with Crippen molar-refractivity contribution in [1.82, 2.24) is 4.90 Å². The van der Waals surface area contributed by atoms with E-state index in [1.165, 1.54) is 10.4 Å². The molecule has 31 heavy (non-hydrogen) atoms. The minimum Gasteiger partial charge on any atom is -0.444 e. The average Bonchev–Trinajstić information content (AvgIpc) is 2.71. The summed E-state index contributed by atoms with van der Waals surface area (Å²) >= 11 is 0. The van der Waals surface area contributed by atoms with Crippen LogP contribution in [0.15, 0.2) is 60.7 Å². The predicted molar refractivity (Wildman–Crippen MR) is 130 cm³/mol. The first-order valence-electron chi connectivity index (χ1n) is 11.3. The zero-order valence-electron chi connectivity index (χ0n) is 19.9. The normalized spacial score (nSPS) is 18.0. The number of ether oxygens (including phenoxy) is 1. The number of hydrogen-bond donors (Lipinski definition) is 0. The van der Waals surface area contributed by atoms with Gasteiger partial charge in [-0.25, -0.2) is 4.79 Å². The van der Waals surface area contributed by atoms with Gasteiger partial charge in [-0.2, -0.15) is 0 Å². The van der Waals surface area contributed by atoms with Crippen molar-refractivity contribution in [3.63, 3.8) is 0 Å². The van der Waals surface area contributed by atoms with Crippen molar-refractivity contribution < 1.29 is 14.0 Å². The Morgan fingerprint density at radius 3 is 1.87 bits per heavy atom. The van der Waals surface area contributed by atoms with Crippen molar-refractivity contribution in [2.75, 3.05) is 13.1 Å². The second-order valence-corrected chi connectivity index (χ2v) is 14.7. The van der Waals surface area contributed by atoms with E-state index in [-0.39, 0.29) is 17.2 Å². The molecule has 1 amide bonds. The summed E-state index contributed by atoms with van der Waals surface area (Å²) in [5, 5.41) is 2.45. The lowest BCUT2D eigenvalue weighted by Gasteiger charge is -2.46. The van der Waals surface area contributed by atoms with Crippen LogP contribution in [0.1, 0.15) is 54.4 Å².